The molecule has 3 rings (SSSR count). The van der Waals surface area contributed by atoms with E-state index in [1.807, 2.05) is 0 Å². The first-order valence-electron chi connectivity index (χ1n) is 16.1. The fourth-order valence-electron chi connectivity index (χ4n) is 4.79. The van der Waals surface area contributed by atoms with Crippen molar-refractivity contribution < 1.29 is 90.4 Å². The normalized spacial score (nSPS) is 22.2. The Hall–Kier alpha value is -2.97. The summed E-state index contributed by atoms with van der Waals surface area (Å²) in [5.41, 5.74) is 3.99. The molecule has 2 aromatic rings. The number of carboxylic acids is 1. The number of ether oxygens (including phenoxy) is 1. The second kappa shape index (κ2) is 19.7. The summed E-state index contributed by atoms with van der Waals surface area (Å²) in [4.78, 5) is 107. The van der Waals surface area contributed by atoms with Crippen molar-refractivity contribution in [3.8, 4) is 0 Å². The van der Waals surface area contributed by atoms with Crippen molar-refractivity contribution >= 4 is 75.1 Å². The van der Waals surface area contributed by atoms with Gasteiger partial charge in [0.2, 0.25) is 11.8 Å². The number of hydrogen-bond donors (Lipinski definition) is 5. The van der Waals surface area contributed by atoms with Gasteiger partial charge >= 0.3 is 0 Å². The summed E-state index contributed by atoms with van der Waals surface area (Å²) in [7, 11) is -17.7. The predicted octanol–water partition coefficient (Wildman–Crippen LogP) is -5.09. The maximum absolute atomic E-state index is 12.5. The maximum Gasteiger partial charge on any atom is 0.274 e. The molecule has 2 amide bonds. The van der Waals surface area contributed by atoms with Gasteiger partial charge in [-0.2, -0.15) is 0 Å². The van der Waals surface area contributed by atoms with Gasteiger partial charge in [0.25, 0.3) is 15.6 Å². The predicted molar refractivity (Wildman–Crippen MR) is 177 cm³/mol. The van der Waals surface area contributed by atoms with Crippen LogP contribution in [0.2, 0.25) is 0 Å². The molecule has 6 N–H and O–H groups in total. The van der Waals surface area contributed by atoms with E-state index in [2.05, 4.69) is 43.5 Å². The lowest BCUT2D eigenvalue weighted by molar-refractivity contribution is -0.347. The molecular weight excluding hydrogens is 839 g/mol. The number of rotatable bonds is 22. The van der Waals surface area contributed by atoms with Gasteiger partial charge in [0.05, 0.1) is 39.3 Å². The molecule has 0 spiro atoms. The summed E-state index contributed by atoms with van der Waals surface area (Å²) in [6, 6.07) is 0. The number of nitrogens with zero attached hydrogens (tertiary/aromatic N) is 4. The summed E-state index contributed by atoms with van der Waals surface area (Å²) >= 11 is 0.699. The monoisotopic (exact) mass is 876 g/mol. The van der Waals surface area contributed by atoms with Crippen LogP contribution < -0.4 is 41.0 Å². The topological polar surface area (TPSA) is 415 Å². The van der Waals surface area contributed by atoms with Crippen molar-refractivity contribution in [2.45, 2.75) is 64.3 Å². The first-order chi connectivity index (χ1) is 25.9. The highest BCUT2D eigenvalue weighted by Gasteiger charge is 2.47. The Morgan fingerprint density at radius 2 is 1.73 bits per heavy atom. The number of carbonyl (C=O) groups excluding carboxylic acids is 4. The van der Waals surface area contributed by atoms with Crippen LogP contribution in [0.4, 0.5) is 5.82 Å². The lowest BCUT2D eigenvalue weighted by Gasteiger charge is -2.36. The number of fused-ring (bicyclic) bond motifs is 1. The number of phosphoric acid groups is 3. The van der Waals surface area contributed by atoms with Crippen LogP contribution in [-0.2, 0) is 55.5 Å². The molecule has 0 radical (unpaired) electrons. The fourth-order valence-corrected chi connectivity index (χ4v) is 8.39. The third-order valence-corrected chi connectivity index (χ3v) is 11.7. The summed E-state index contributed by atoms with van der Waals surface area (Å²) in [6.07, 6.45) is -7.78. The van der Waals surface area contributed by atoms with Crippen molar-refractivity contribution in [2.24, 2.45) is 11.3 Å². The van der Waals surface area contributed by atoms with Crippen LogP contribution in [0.1, 0.15) is 39.8 Å². The Balaban J connectivity index is 1.49. The minimum atomic E-state index is -5.94. The van der Waals surface area contributed by atoms with Gasteiger partial charge in [-0.15, -0.1) is 0 Å². The van der Waals surface area contributed by atoms with Crippen molar-refractivity contribution in [1.29, 1.82) is 0 Å². The molecular formula is C26H37N7O19P3S-5. The number of carbonyl (C=O) groups is 4. The van der Waals surface area contributed by atoms with Gasteiger partial charge in [0, 0.05) is 30.7 Å². The van der Waals surface area contributed by atoms with E-state index >= 15 is 0 Å². The number of nitrogens with one attached hydrogen (secondary N) is 2. The van der Waals surface area contributed by atoms with E-state index in [4.69, 9.17) is 10.5 Å². The first kappa shape index (κ1) is 47.4. The van der Waals surface area contributed by atoms with Crippen LogP contribution in [0.3, 0.4) is 0 Å². The number of thioether (sulfide) groups is 1. The highest BCUT2D eigenvalue weighted by atomic mass is 32.2. The zero-order valence-corrected chi connectivity index (χ0v) is 33.0. The van der Waals surface area contributed by atoms with Gasteiger partial charge in [0.15, 0.2) is 22.8 Å². The Bertz CT molecular complexity index is 1880. The lowest BCUT2D eigenvalue weighted by atomic mass is 9.87. The standard InChI is InChI=1S/C26H42N7O19P3S/c1-4-13(24(38)39)25(40)56-8-7-28-15(34)5-6-29-22(37)19(36)26(2,3)10-49-55(46,47)52-54(44,45)48-9-14-18(51-53(41,42)43)17(35)23(50-14)33-12-32-16-20(27)30-11-31-21(16)33/h11-14,17-19,23,35-36H,4-10H2,1-3H3,(H,28,34)(H,29,37)(H,38,39)(H,44,45)(H,46,47)(H2,27,30,31)(H2,41,42,43)/p-5/t13-,14-,17-,18-,19+,23-/m1/s1. The molecule has 316 valence electrons. The van der Waals surface area contributed by atoms with E-state index in [9.17, 15) is 67.8 Å². The Labute approximate surface area is 321 Å². The number of imidazole rings is 1. The van der Waals surface area contributed by atoms with Crippen molar-refractivity contribution in [3.63, 3.8) is 0 Å². The minimum Gasteiger partial charge on any atom is -0.790 e. The second-order valence-corrected chi connectivity index (χ2v) is 17.6. The molecule has 1 fully saturated rings. The molecule has 56 heavy (non-hydrogen) atoms. The van der Waals surface area contributed by atoms with Gasteiger partial charge in [-0.1, -0.05) is 32.5 Å². The molecule has 30 heteroatoms. The Morgan fingerprint density at radius 1 is 1.07 bits per heavy atom. The number of hydrogen-bond acceptors (Lipinski definition) is 24. The fraction of sp³-hybridized carbons (Fsp3) is 0.654. The quantitative estimate of drug-likeness (QED) is 0.0420. The molecule has 1 aliphatic heterocycles. The van der Waals surface area contributed by atoms with Crippen LogP contribution >= 0.6 is 35.2 Å². The van der Waals surface area contributed by atoms with E-state index in [1.54, 1.807) is 0 Å². The number of aliphatic hydroxyl groups is 2. The summed E-state index contributed by atoms with van der Waals surface area (Å²) < 4.78 is 60.3. The summed E-state index contributed by atoms with van der Waals surface area (Å²) in [6.45, 7) is 1.19. The number of anilines is 1. The van der Waals surface area contributed by atoms with Crippen LogP contribution in [0.25, 0.3) is 11.2 Å². The van der Waals surface area contributed by atoms with E-state index < -0.39 is 102 Å². The molecule has 1 saturated heterocycles. The van der Waals surface area contributed by atoms with Gasteiger partial charge in [0.1, 0.15) is 36.3 Å². The molecule has 3 heterocycles. The van der Waals surface area contributed by atoms with Gasteiger partial charge < -0.3 is 78.9 Å². The molecule has 8 atom stereocenters. The highest BCUT2D eigenvalue weighted by molar-refractivity contribution is 8.13. The molecule has 2 aromatic heterocycles. The molecule has 0 saturated carbocycles. The molecule has 0 bridgehead atoms. The minimum absolute atomic E-state index is 0.00636. The zero-order valence-electron chi connectivity index (χ0n) is 29.5. The maximum atomic E-state index is 12.5. The van der Waals surface area contributed by atoms with Crippen LogP contribution in [0, 0.1) is 11.3 Å². The number of phosphoric ester groups is 3. The number of carboxylic acid groups (broad SMARTS) is 1. The molecule has 0 aromatic carbocycles. The first-order valence-corrected chi connectivity index (χ1v) is 21.4. The van der Waals surface area contributed by atoms with Gasteiger partial charge in [-0.3, -0.25) is 28.1 Å². The Morgan fingerprint density at radius 3 is 2.36 bits per heavy atom. The van der Waals surface area contributed by atoms with Gasteiger partial charge in [-0.05, 0) is 6.42 Å². The number of aliphatic hydroxyl groups excluding tert-OH is 2. The van der Waals surface area contributed by atoms with Crippen molar-refractivity contribution in [2.75, 3.05) is 37.8 Å². The van der Waals surface area contributed by atoms with Crippen LogP contribution in [-0.4, -0.2) is 109 Å². The number of nitrogen functional groups attached to an aromatic ring is 1. The SMILES string of the molecule is CC[C@H](C(=O)[O-])C(=O)SCCNC(=O)CCNC(=O)[C@H](O)C(C)(C)COP(=O)([O-])OP(=O)([O-])OC[C@H]1O[C@@H](n2cnc3c(N)ncnc32)[C@H](O)[C@@H]1OP(=O)([O-])[O-]. The van der Waals surface area contributed by atoms with Gasteiger partial charge in [-0.25, -0.2) is 19.3 Å². The van der Waals surface area contributed by atoms with Crippen LogP contribution in [0.15, 0.2) is 12.7 Å². The number of nitrogens with two attached hydrogens (primary N) is 1. The Kier molecular flexibility index (Phi) is 16.6. The average Bonchev–Trinajstić information content (AvgIpc) is 3.64. The lowest BCUT2D eigenvalue weighted by Crippen LogP contribution is -2.46. The molecule has 26 nitrogen and oxygen atoms in total. The number of aromatic nitrogens is 4. The highest BCUT2D eigenvalue weighted by Crippen LogP contribution is 2.56. The largest absolute Gasteiger partial charge is 0.790 e. The van der Waals surface area contributed by atoms with E-state index in [-0.39, 0.29) is 48.7 Å². The van der Waals surface area contributed by atoms with E-state index in [0.29, 0.717) is 11.8 Å². The average molecular weight is 877 g/mol. The van der Waals surface area contributed by atoms with Crippen molar-refractivity contribution in [1.82, 2.24) is 30.2 Å². The summed E-state index contributed by atoms with van der Waals surface area (Å²) in [5.74, 6) is -4.45. The molecule has 1 aliphatic rings. The van der Waals surface area contributed by atoms with E-state index in [1.165, 1.54) is 6.92 Å². The zero-order chi connectivity index (χ0) is 42.2. The second-order valence-electron chi connectivity index (χ2n) is 12.4. The smallest absolute Gasteiger partial charge is 0.274 e. The third kappa shape index (κ3) is 13.6. The van der Waals surface area contributed by atoms with Crippen LogP contribution in [0.5, 0.6) is 0 Å². The number of aliphatic carboxylic acids is 1. The van der Waals surface area contributed by atoms with Crippen molar-refractivity contribution in [3.05, 3.63) is 12.7 Å². The molecule has 2 unspecified atom stereocenters. The summed E-state index contributed by atoms with van der Waals surface area (Å²) in [5, 5.41) is 36.3. The molecule has 0 aliphatic carbocycles. The van der Waals surface area contributed by atoms with E-state index in [0.717, 1.165) is 31.1 Å². The third-order valence-electron chi connectivity index (χ3n) is 7.70. The number of amides is 2.